The van der Waals surface area contributed by atoms with Crippen molar-refractivity contribution in [3.05, 3.63) is 29.8 Å². The van der Waals surface area contributed by atoms with E-state index in [-0.39, 0.29) is 12.2 Å². The second kappa shape index (κ2) is 6.89. The lowest BCUT2D eigenvalue weighted by Crippen LogP contribution is -2.48. The number of aromatic hydroxyl groups is 1. The van der Waals surface area contributed by atoms with Gasteiger partial charge in [0.25, 0.3) is 0 Å². The minimum Gasteiger partial charge on any atom is -0.508 e. The van der Waals surface area contributed by atoms with E-state index in [1.807, 2.05) is 5.32 Å². The van der Waals surface area contributed by atoms with Crippen LogP contribution in [0.15, 0.2) is 24.3 Å². The second-order valence-corrected chi connectivity index (χ2v) is 5.38. The van der Waals surface area contributed by atoms with Crippen LogP contribution in [0.25, 0.3) is 0 Å². The van der Waals surface area contributed by atoms with Crippen LogP contribution in [0.4, 0.5) is 13.2 Å². The number of para-hydroxylation sites is 1. The van der Waals surface area contributed by atoms with Crippen molar-refractivity contribution >= 4 is 11.8 Å². The van der Waals surface area contributed by atoms with Crippen molar-refractivity contribution in [2.75, 3.05) is 13.1 Å². The van der Waals surface area contributed by atoms with Gasteiger partial charge in [0.1, 0.15) is 18.3 Å². The summed E-state index contributed by atoms with van der Waals surface area (Å²) < 4.78 is 36.5. The smallest absolute Gasteiger partial charge is 0.405 e. The zero-order chi connectivity index (χ0) is 17.0. The van der Waals surface area contributed by atoms with Gasteiger partial charge in [-0.05, 0) is 18.9 Å². The second-order valence-electron chi connectivity index (χ2n) is 5.38. The standard InChI is InChI=1S/C15H17F3N2O3/c16-15(17,18)9-19-14(23)11-5-3-7-20(11)13(22)8-10-4-1-2-6-12(10)21/h1-2,4,6,11,21H,3,5,7-9H2,(H,19,23). The van der Waals surface area contributed by atoms with E-state index in [1.54, 1.807) is 18.2 Å². The first-order chi connectivity index (χ1) is 10.8. The molecule has 0 saturated carbocycles. The van der Waals surface area contributed by atoms with Gasteiger partial charge in [-0.3, -0.25) is 9.59 Å². The maximum absolute atomic E-state index is 12.3. The van der Waals surface area contributed by atoms with Crippen LogP contribution in [-0.4, -0.2) is 47.1 Å². The predicted molar refractivity (Wildman–Crippen MR) is 75.6 cm³/mol. The number of amides is 2. The summed E-state index contributed by atoms with van der Waals surface area (Å²) in [5.74, 6) is -1.22. The van der Waals surface area contributed by atoms with Crippen LogP contribution in [0, 0.1) is 0 Å². The molecule has 8 heteroatoms. The van der Waals surface area contributed by atoms with Crippen molar-refractivity contribution in [1.82, 2.24) is 10.2 Å². The molecule has 1 atom stereocenters. The van der Waals surface area contributed by atoms with Gasteiger partial charge in [0.2, 0.25) is 11.8 Å². The molecule has 1 aliphatic rings. The highest BCUT2D eigenvalue weighted by Crippen LogP contribution is 2.22. The number of hydrogen-bond acceptors (Lipinski definition) is 3. The summed E-state index contributed by atoms with van der Waals surface area (Å²) in [5, 5.41) is 11.5. The summed E-state index contributed by atoms with van der Waals surface area (Å²) in [6.07, 6.45) is -3.71. The predicted octanol–water partition coefficient (Wildman–Crippen LogP) is 1.60. The molecular weight excluding hydrogens is 313 g/mol. The summed E-state index contributed by atoms with van der Waals surface area (Å²) in [5.41, 5.74) is 0.416. The van der Waals surface area contributed by atoms with E-state index in [0.717, 1.165) is 0 Å². The zero-order valence-electron chi connectivity index (χ0n) is 12.3. The fourth-order valence-corrected chi connectivity index (χ4v) is 2.57. The first-order valence-electron chi connectivity index (χ1n) is 7.19. The highest BCUT2D eigenvalue weighted by atomic mass is 19.4. The number of nitrogens with zero attached hydrogens (tertiary/aromatic N) is 1. The highest BCUT2D eigenvalue weighted by molar-refractivity contribution is 5.89. The van der Waals surface area contributed by atoms with E-state index in [1.165, 1.54) is 11.0 Å². The lowest BCUT2D eigenvalue weighted by molar-refractivity contribution is -0.144. The van der Waals surface area contributed by atoms with Crippen molar-refractivity contribution in [2.45, 2.75) is 31.5 Å². The van der Waals surface area contributed by atoms with Crippen molar-refractivity contribution in [3.8, 4) is 5.75 Å². The molecule has 0 aromatic heterocycles. The molecule has 1 heterocycles. The molecule has 126 valence electrons. The fourth-order valence-electron chi connectivity index (χ4n) is 2.57. The Bertz CT molecular complexity index is 590. The Morgan fingerprint density at radius 2 is 2.00 bits per heavy atom. The number of alkyl halides is 3. The zero-order valence-corrected chi connectivity index (χ0v) is 12.3. The molecule has 1 aliphatic heterocycles. The van der Waals surface area contributed by atoms with Crippen molar-refractivity contribution in [3.63, 3.8) is 0 Å². The van der Waals surface area contributed by atoms with Gasteiger partial charge < -0.3 is 15.3 Å². The fraction of sp³-hybridized carbons (Fsp3) is 0.467. The van der Waals surface area contributed by atoms with Crippen molar-refractivity contribution < 1.29 is 27.9 Å². The average Bonchev–Trinajstić information content (AvgIpc) is 2.96. The maximum atomic E-state index is 12.3. The topological polar surface area (TPSA) is 69.6 Å². The number of carbonyl (C=O) groups excluding carboxylic acids is 2. The van der Waals surface area contributed by atoms with Crippen LogP contribution in [-0.2, 0) is 16.0 Å². The van der Waals surface area contributed by atoms with Gasteiger partial charge in [-0.1, -0.05) is 18.2 Å². The third-order valence-corrected chi connectivity index (χ3v) is 3.67. The number of rotatable bonds is 4. The van der Waals surface area contributed by atoms with Crippen LogP contribution >= 0.6 is 0 Å². The van der Waals surface area contributed by atoms with Crippen LogP contribution < -0.4 is 5.32 Å². The Morgan fingerprint density at radius 3 is 2.65 bits per heavy atom. The van der Waals surface area contributed by atoms with Crippen LogP contribution in [0.2, 0.25) is 0 Å². The number of halogens is 3. The van der Waals surface area contributed by atoms with Gasteiger partial charge in [0.15, 0.2) is 0 Å². The molecule has 5 nitrogen and oxygen atoms in total. The van der Waals surface area contributed by atoms with Crippen molar-refractivity contribution in [2.24, 2.45) is 0 Å². The van der Waals surface area contributed by atoms with Gasteiger partial charge in [-0.2, -0.15) is 13.2 Å². The maximum Gasteiger partial charge on any atom is 0.405 e. The molecule has 1 aromatic rings. The Hall–Kier alpha value is -2.25. The minimum absolute atomic E-state index is 0.0295. The monoisotopic (exact) mass is 330 g/mol. The highest BCUT2D eigenvalue weighted by Gasteiger charge is 2.36. The summed E-state index contributed by atoms with van der Waals surface area (Å²) in [6, 6.07) is 5.42. The number of phenols is 1. The molecule has 0 aliphatic carbocycles. The third-order valence-electron chi connectivity index (χ3n) is 3.67. The summed E-state index contributed by atoms with van der Waals surface area (Å²) in [4.78, 5) is 25.4. The van der Waals surface area contributed by atoms with Crippen LogP contribution in [0.3, 0.4) is 0 Å². The summed E-state index contributed by atoms with van der Waals surface area (Å²) >= 11 is 0. The molecule has 0 bridgehead atoms. The van der Waals surface area contributed by atoms with Gasteiger partial charge in [0.05, 0.1) is 6.42 Å². The lowest BCUT2D eigenvalue weighted by atomic mass is 10.1. The van der Waals surface area contributed by atoms with Crippen molar-refractivity contribution in [1.29, 1.82) is 0 Å². The molecule has 2 rings (SSSR count). The average molecular weight is 330 g/mol. The summed E-state index contributed by atoms with van der Waals surface area (Å²) in [6.45, 7) is -1.10. The number of likely N-dealkylation sites (tertiary alicyclic amines) is 1. The Kier molecular flexibility index (Phi) is 5.12. The van der Waals surface area contributed by atoms with Crippen LogP contribution in [0.5, 0.6) is 5.75 Å². The Morgan fingerprint density at radius 1 is 1.30 bits per heavy atom. The quantitative estimate of drug-likeness (QED) is 0.881. The number of nitrogens with one attached hydrogen (secondary N) is 1. The minimum atomic E-state index is -4.49. The Balaban J connectivity index is 1.99. The van der Waals surface area contributed by atoms with Gasteiger partial charge in [-0.15, -0.1) is 0 Å². The first-order valence-corrected chi connectivity index (χ1v) is 7.19. The molecule has 23 heavy (non-hydrogen) atoms. The number of carbonyl (C=O) groups is 2. The molecule has 1 unspecified atom stereocenters. The molecular formula is C15H17F3N2O3. The lowest BCUT2D eigenvalue weighted by Gasteiger charge is -2.24. The van der Waals surface area contributed by atoms with Crippen LogP contribution in [0.1, 0.15) is 18.4 Å². The largest absolute Gasteiger partial charge is 0.508 e. The van der Waals surface area contributed by atoms with E-state index in [2.05, 4.69) is 0 Å². The van der Waals surface area contributed by atoms with Gasteiger partial charge >= 0.3 is 6.18 Å². The van der Waals surface area contributed by atoms with E-state index in [0.29, 0.717) is 24.9 Å². The van der Waals surface area contributed by atoms with E-state index in [9.17, 15) is 27.9 Å². The molecule has 1 fully saturated rings. The first kappa shape index (κ1) is 17.1. The molecule has 1 aromatic carbocycles. The number of benzene rings is 1. The molecule has 2 N–H and O–H groups in total. The SMILES string of the molecule is O=C(NCC(F)(F)F)C1CCCN1C(=O)Cc1ccccc1O. The summed E-state index contributed by atoms with van der Waals surface area (Å²) in [7, 11) is 0. The van der Waals surface area contributed by atoms with E-state index < -0.39 is 30.6 Å². The van der Waals surface area contributed by atoms with E-state index in [4.69, 9.17) is 0 Å². The Labute approximate surface area is 131 Å². The van der Waals surface area contributed by atoms with E-state index >= 15 is 0 Å². The third kappa shape index (κ3) is 4.61. The van der Waals surface area contributed by atoms with Gasteiger partial charge in [0, 0.05) is 12.1 Å². The van der Waals surface area contributed by atoms with Gasteiger partial charge in [-0.25, -0.2) is 0 Å². The molecule has 2 amide bonds. The number of hydrogen-bond donors (Lipinski definition) is 2. The molecule has 1 saturated heterocycles. The molecule has 0 radical (unpaired) electrons. The number of phenolic OH excluding ortho intramolecular Hbond substituents is 1. The normalized spacial score (nSPS) is 18.0. The molecule has 0 spiro atoms.